The molecule has 0 radical (unpaired) electrons. The zero-order valence-electron chi connectivity index (χ0n) is 19.0. The summed E-state index contributed by atoms with van der Waals surface area (Å²) in [4.78, 5) is 25.5. The molecule has 2 heterocycles. The van der Waals surface area contributed by atoms with Crippen molar-refractivity contribution in [2.75, 3.05) is 0 Å². The largest absolute Gasteiger partial charge is 0.487 e. The number of carbonyl (C=O) groups is 2. The van der Waals surface area contributed by atoms with Crippen molar-refractivity contribution in [1.29, 1.82) is 0 Å². The van der Waals surface area contributed by atoms with Crippen molar-refractivity contribution >= 4 is 34.3 Å². The van der Waals surface area contributed by atoms with Crippen LogP contribution >= 0.6 is 11.3 Å². The number of hydrogen-bond donors (Lipinski definition) is 1. The minimum absolute atomic E-state index is 0.00140. The van der Waals surface area contributed by atoms with Crippen LogP contribution in [0.3, 0.4) is 0 Å². The van der Waals surface area contributed by atoms with Gasteiger partial charge in [0.1, 0.15) is 23.8 Å². The van der Waals surface area contributed by atoms with Crippen LogP contribution in [-0.4, -0.2) is 27.3 Å². The third-order valence-electron chi connectivity index (χ3n) is 4.93. The Morgan fingerprint density at radius 1 is 1.03 bits per heavy atom. The second-order valence-corrected chi connectivity index (χ2v) is 9.97. The summed E-state index contributed by atoms with van der Waals surface area (Å²) in [6.07, 6.45) is -0.599. The lowest BCUT2D eigenvalue weighted by atomic mass is 10.2. The minimum Gasteiger partial charge on any atom is -0.487 e. The number of nitrogens with zero attached hydrogens (tertiary/aromatic N) is 1. The van der Waals surface area contributed by atoms with Gasteiger partial charge in [0.25, 0.3) is 0 Å². The van der Waals surface area contributed by atoms with E-state index in [0.29, 0.717) is 22.3 Å². The van der Waals surface area contributed by atoms with Gasteiger partial charge in [-0.05, 0) is 87.0 Å². The number of carboxylic acid groups (broad SMARTS) is 1. The Kier molecular flexibility index (Phi) is 6.43. The second kappa shape index (κ2) is 9.30. The molecule has 4 rings (SSSR count). The van der Waals surface area contributed by atoms with Gasteiger partial charge in [-0.25, -0.2) is 13.8 Å². The fourth-order valence-electron chi connectivity index (χ4n) is 3.51. The molecule has 0 bridgehead atoms. The van der Waals surface area contributed by atoms with Gasteiger partial charge in [0.05, 0.1) is 17.6 Å². The molecule has 0 aliphatic heterocycles. The van der Waals surface area contributed by atoms with Crippen molar-refractivity contribution in [3.05, 3.63) is 77.1 Å². The first-order valence-corrected chi connectivity index (χ1v) is 11.5. The molecule has 0 amide bonds. The van der Waals surface area contributed by atoms with E-state index in [1.807, 2.05) is 36.4 Å². The topological polar surface area (TPSA) is 77.8 Å². The van der Waals surface area contributed by atoms with E-state index >= 15 is 0 Å². The van der Waals surface area contributed by atoms with Crippen molar-refractivity contribution < 1.29 is 28.6 Å². The molecule has 2 aromatic heterocycles. The first-order valence-electron chi connectivity index (χ1n) is 10.7. The summed E-state index contributed by atoms with van der Waals surface area (Å²) in [5, 5.41) is 9.65. The van der Waals surface area contributed by atoms with Gasteiger partial charge in [0.15, 0.2) is 0 Å². The number of aliphatic carboxylic acids is 1. The van der Waals surface area contributed by atoms with Crippen LogP contribution in [0.1, 0.15) is 31.3 Å². The Morgan fingerprint density at radius 2 is 1.76 bits per heavy atom. The van der Waals surface area contributed by atoms with Gasteiger partial charge in [0, 0.05) is 15.1 Å². The third-order valence-corrected chi connectivity index (χ3v) is 6.07. The van der Waals surface area contributed by atoms with Crippen molar-refractivity contribution in [1.82, 2.24) is 4.57 Å². The molecule has 0 unspecified atom stereocenters. The SMILES string of the molecule is CC(C)(C)OC(=O)n1c(COc2ccc(-c3ccc(CC(=O)O)s3)cc2)cc2ccc(F)cc21. The maximum Gasteiger partial charge on any atom is 0.419 e. The average molecular weight is 482 g/mol. The van der Waals surface area contributed by atoms with Crippen LogP contribution in [0.25, 0.3) is 21.3 Å². The molecule has 176 valence electrons. The number of carbonyl (C=O) groups excluding carboxylic acids is 1. The molecule has 0 aliphatic rings. The lowest BCUT2D eigenvalue weighted by Gasteiger charge is -2.21. The molecule has 0 aliphatic carbocycles. The number of halogens is 1. The predicted octanol–water partition coefficient (Wildman–Crippen LogP) is 6.50. The predicted molar refractivity (Wildman–Crippen MR) is 129 cm³/mol. The fraction of sp³-hybridized carbons (Fsp3) is 0.231. The summed E-state index contributed by atoms with van der Waals surface area (Å²) in [5.41, 5.74) is 1.20. The van der Waals surface area contributed by atoms with E-state index in [1.54, 1.807) is 32.9 Å². The number of carboxylic acids is 1. The molecule has 2 aromatic carbocycles. The first kappa shape index (κ1) is 23.5. The summed E-state index contributed by atoms with van der Waals surface area (Å²) < 4.78 is 26.7. The number of rotatable bonds is 6. The van der Waals surface area contributed by atoms with Crippen molar-refractivity contribution in [3.8, 4) is 16.2 Å². The molecular formula is C26H24FNO5S. The van der Waals surface area contributed by atoms with E-state index in [0.717, 1.165) is 15.3 Å². The van der Waals surface area contributed by atoms with Gasteiger partial charge in [-0.15, -0.1) is 11.3 Å². The Hall–Kier alpha value is -3.65. The van der Waals surface area contributed by atoms with Gasteiger partial charge in [-0.1, -0.05) is 0 Å². The molecule has 0 saturated heterocycles. The monoisotopic (exact) mass is 481 g/mol. The van der Waals surface area contributed by atoms with E-state index in [-0.39, 0.29) is 13.0 Å². The van der Waals surface area contributed by atoms with E-state index in [2.05, 4.69) is 0 Å². The highest BCUT2D eigenvalue weighted by molar-refractivity contribution is 7.15. The molecule has 8 heteroatoms. The number of benzene rings is 2. The molecular weight excluding hydrogens is 457 g/mol. The highest BCUT2D eigenvalue weighted by Crippen LogP contribution is 2.30. The molecule has 0 spiro atoms. The van der Waals surface area contributed by atoms with Crippen LogP contribution < -0.4 is 4.74 Å². The summed E-state index contributed by atoms with van der Waals surface area (Å²) in [7, 11) is 0. The number of ether oxygens (including phenoxy) is 2. The molecule has 0 fully saturated rings. The molecule has 4 aromatic rings. The molecule has 0 saturated carbocycles. The lowest BCUT2D eigenvalue weighted by molar-refractivity contribution is -0.136. The normalized spacial score (nSPS) is 11.5. The van der Waals surface area contributed by atoms with E-state index < -0.39 is 23.5 Å². The minimum atomic E-state index is -0.858. The maximum atomic E-state index is 13.9. The van der Waals surface area contributed by atoms with Crippen molar-refractivity contribution in [2.45, 2.75) is 39.4 Å². The van der Waals surface area contributed by atoms with Gasteiger partial charge < -0.3 is 14.6 Å². The molecule has 34 heavy (non-hydrogen) atoms. The van der Waals surface area contributed by atoms with Crippen LogP contribution in [0, 0.1) is 5.82 Å². The standard InChI is InChI=1S/C26H24FNO5S/c1-26(2,3)33-25(31)28-19(12-17-4-7-18(27)13-22(17)28)15-32-20-8-5-16(6-9-20)23-11-10-21(34-23)14-24(29)30/h4-13H,14-15H2,1-3H3,(H,29,30). The quantitative estimate of drug-likeness (QED) is 0.340. The summed E-state index contributed by atoms with van der Waals surface area (Å²) >= 11 is 1.44. The fourth-order valence-corrected chi connectivity index (χ4v) is 4.51. The van der Waals surface area contributed by atoms with Crippen LogP contribution in [-0.2, 0) is 22.6 Å². The van der Waals surface area contributed by atoms with E-state index in [9.17, 15) is 14.0 Å². The maximum absolute atomic E-state index is 13.9. The Bertz CT molecular complexity index is 1350. The summed E-state index contributed by atoms with van der Waals surface area (Å²) in [5.74, 6) is -0.708. The van der Waals surface area contributed by atoms with Crippen molar-refractivity contribution in [3.63, 3.8) is 0 Å². The van der Waals surface area contributed by atoms with Gasteiger partial charge >= 0.3 is 12.1 Å². The third kappa shape index (κ3) is 5.46. The van der Waals surface area contributed by atoms with Crippen molar-refractivity contribution in [2.24, 2.45) is 0 Å². The van der Waals surface area contributed by atoms with Crippen LogP contribution in [0.15, 0.2) is 60.7 Å². The molecule has 6 nitrogen and oxygen atoms in total. The number of hydrogen-bond acceptors (Lipinski definition) is 5. The Labute approximate surface area is 200 Å². The van der Waals surface area contributed by atoms with E-state index in [1.165, 1.54) is 28.0 Å². The van der Waals surface area contributed by atoms with Crippen LogP contribution in [0.2, 0.25) is 0 Å². The Morgan fingerprint density at radius 3 is 2.44 bits per heavy atom. The zero-order chi connectivity index (χ0) is 24.5. The van der Waals surface area contributed by atoms with Crippen LogP contribution in [0.5, 0.6) is 5.75 Å². The van der Waals surface area contributed by atoms with Gasteiger partial charge in [0.2, 0.25) is 0 Å². The van der Waals surface area contributed by atoms with Gasteiger partial charge in [-0.3, -0.25) is 4.79 Å². The highest BCUT2D eigenvalue weighted by atomic mass is 32.1. The van der Waals surface area contributed by atoms with E-state index in [4.69, 9.17) is 14.6 Å². The molecule has 0 atom stereocenters. The Balaban J connectivity index is 1.54. The first-order chi connectivity index (χ1) is 16.1. The average Bonchev–Trinajstić information content (AvgIpc) is 3.35. The number of aromatic nitrogens is 1. The van der Waals surface area contributed by atoms with Crippen LogP contribution in [0.4, 0.5) is 9.18 Å². The summed E-state index contributed by atoms with van der Waals surface area (Å²) in [6, 6.07) is 17.2. The zero-order valence-corrected chi connectivity index (χ0v) is 19.8. The number of thiophene rings is 1. The molecule has 1 N–H and O–H groups in total. The van der Waals surface area contributed by atoms with Gasteiger partial charge in [-0.2, -0.15) is 0 Å². The number of fused-ring (bicyclic) bond motifs is 1. The smallest absolute Gasteiger partial charge is 0.419 e. The highest BCUT2D eigenvalue weighted by Gasteiger charge is 2.22. The summed E-state index contributed by atoms with van der Waals surface area (Å²) in [6.45, 7) is 5.39. The lowest BCUT2D eigenvalue weighted by Crippen LogP contribution is -2.28. The second-order valence-electron chi connectivity index (χ2n) is 8.80.